The Morgan fingerprint density at radius 3 is 2.71 bits per heavy atom. The first kappa shape index (κ1) is 14.0. The Bertz CT molecular complexity index is 548. The zero-order valence-electron chi connectivity index (χ0n) is 9.22. The average molecular weight is 274 g/mol. The van der Waals surface area contributed by atoms with E-state index < -0.39 is 10.0 Å². The van der Waals surface area contributed by atoms with E-state index in [4.69, 9.17) is 23.1 Å². The molecular weight excluding hydrogens is 262 g/mol. The Kier molecular flexibility index (Phi) is 4.54. The Hall–Kier alpha value is -1.06. The molecule has 1 rings (SSSR count). The highest BCUT2D eigenvalue weighted by atomic mass is 35.5. The average Bonchev–Trinajstić information content (AvgIpc) is 2.29. The van der Waals surface area contributed by atoms with Crippen LogP contribution in [0.4, 0.5) is 0 Å². The van der Waals surface area contributed by atoms with Crippen LogP contribution in [0, 0.1) is 12.3 Å². The molecule has 92 valence electrons. The topological polar surface area (TPSA) is 57.6 Å². The lowest BCUT2D eigenvalue weighted by Gasteiger charge is -2.15. The van der Waals surface area contributed by atoms with Crippen molar-refractivity contribution < 1.29 is 13.5 Å². The molecule has 17 heavy (non-hydrogen) atoms. The second kappa shape index (κ2) is 5.52. The molecule has 4 nitrogen and oxygen atoms in total. The summed E-state index contributed by atoms with van der Waals surface area (Å²) in [5.74, 6) is 2.25. The van der Waals surface area contributed by atoms with Crippen molar-refractivity contribution in [3.05, 3.63) is 28.8 Å². The highest BCUT2D eigenvalue weighted by Gasteiger charge is 2.20. The first-order chi connectivity index (χ1) is 7.93. The van der Waals surface area contributed by atoms with Crippen molar-refractivity contribution in [1.29, 1.82) is 0 Å². The van der Waals surface area contributed by atoms with E-state index in [1.807, 2.05) is 0 Å². The van der Waals surface area contributed by atoms with Gasteiger partial charge in [-0.05, 0) is 23.8 Å². The molecule has 0 aromatic heterocycles. The van der Waals surface area contributed by atoms with Gasteiger partial charge in [0.2, 0.25) is 10.0 Å². The summed E-state index contributed by atoms with van der Waals surface area (Å²) in [6, 6.07) is 4.15. The van der Waals surface area contributed by atoms with Crippen LogP contribution in [0.5, 0.6) is 0 Å². The molecular formula is C11H12ClNO3S. The molecule has 0 unspecified atom stereocenters. The number of halogens is 1. The first-order valence-electron chi connectivity index (χ1n) is 4.72. The maximum absolute atomic E-state index is 12.0. The lowest BCUT2D eigenvalue weighted by molar-refractivity contribution is 0.281. The van der Waals surface area contributed by atoms with Gasteiger partial charge in [-0.25, -0.2) is 8.42 Å². The minimum absolute atomic E-state index is 0.0145. The molecule has 0 fully saturated rings. The van der Waals surface area contributed by atoms with Crippen LogP contribution in [-0.2, 0) is 16.6 Å². The largest absolute Gasteiger partial charge is 0.392 e. The second-order valence-electron chi connectivity index (χ2n) is 3.38. The number of aliphatic hydroxyl groups is 1. The fourth-order valence-electron chi connectivity index (χ4n) is 1.23. The van der Waals surface area contributed by atoms with Gasteiger partial charge in [-0.1, -0.05) is 17.5 Å². The molecule has 0 atom stereocenters. The van der Waals surface area contributed by atoms with E-state index in [9.17, 15) is 8.42 Å². The minimum atomic E-state index is -3.63. The van der Waals surface area contributed by atoms with Crippen LogP contribution >= 0.6 is 11.6 Å². The van der Waals surface area contributed by atoms with E-state index in [-0.39, 0.29) is 18.0 Å². The lowest BCUT2D eigenvalue weighted by Crippen LogP contribution is -2.27. The van der Waals surface area contributed by atoms with Crippen molar-refractivity contribution in [2.24, 2.45) is 0 Å². The summed E-state index contributed by atoms with van der Waals surface area (Å²) >= 11 is 5.79. The zero-order chi connectivity index (χ0) is 13.1. The minimum Gasteiger partial charge on any atom is -0.392 e. The number of aliphatic hydroxyl groups excluding tert-OH is 1. The van der Waals surface area contributed by atoms with Crippen molar-refractivity contribution in [3.63, 3.8) is 0 Å². The second-order valence-corrected chi connectivity index (χ2v) is 5.83. The van der Waals surface area contributed by atoms with E-state index in [1.54, 1.807) is 0 Å². The molecule has 1 N–H and O–H groups in total. The van der Waals surface area contributed by atoms with Gasteiger partial charge in [0.25, 0.3) is 0 Å². The van der Waals surface area contributed by atoms with E-state index in [0.29, 0.717) is 10.6 Å². The van der Waals surface area contributed by atoms with Crippen LogP contribution in [0.2, 0.25) is 5.02 Å². The third kappa shape index (κ3) is 2.99. The van der Waals surface area contributed by atoms with Crippen LogP contribution < -0.4 is 0 Å². The van der Waals surface area contributed by atoms with Crippen LogP contribution in [-0.4, -0.2) is 31.4 Å². The van der Waals surface area contributed by atoms with Crippen molar-refractivity contribution in [2.75, 3.05) is 13.6 Å². The molecule has 0 aliphatic carbocycles. The Labute approximate surface area is 106 Å². The third-order valence-electron chi connectivity index (χ3n) is 2.21. The van der Waals surface area contributed by atoms with Crippen LogP contribution in [0.3, 0.4) is 0 Å². The highest BCUT2D eigenvalue weighted by molar-refractivity contribution is 7.89. The van der Waals surface area contributed by atoms with Crippen LogP contribution in [0.15, 0.2) is 23.1 Å². The molecule has 0 bridgehead atoms. The predicted octanol–water partition coefficient (Wildman–Crippen LogP) is 1.09. The monoisotopic (exact) mass is 273 g/mol. The molecule has 1 aromatic carbocycles. The zero-order valence-corrected chi connectivity index (χ0v) is 10.8. The first-order valence-corrected chi connectivity index (χ1v) is 6.54. The van der Waals surface area contributed by atoms with Gasteiger partial charge >= 0.3 is 0 Å². The third-order valence-corrected chi connectivity index (χ3v) is 4.38. The quantitative estimate of drug-likeness (QED) is 0.836. The van der Waals surface area contributed by atoms with Crippen molar-refractivity contribution >= 4 is 21.6 Å². The molecule has 0 saturated carbocycles. The summed E-state index contributed by atoms with van der Waals surface area (Å²) in [5, 5.41) is 9.35. The van der Waals surface area contributed by atoms with Gasteiger partial charge in [-0.3, -0.25) is 0 Å². The normalized spacial score (nSPS) is 11.5. The summed E-state index contributed by atoms with van der Waals surface area (Å²) < 4.78 is 25.1. The van der Waals surface area contributed by atoms with Gasteiger partial charge < -0.3 is 5.11 Å². The van der Waals surface area contributed by atoms with Crippen molar-refractivity contribution in [3.8, 4) is 12.3 Å². The SMILES string of the molecule is C#CCN(C)S(=O)(=O)c1ccc(Cl)c(CO)c1. The van der Waals surface area contributed by atoms with E-state index >= 15 is 0 Å². The number of rotatable bonds is 4. The van der Waals surface area contributed by atoms with Gasteiger partial charge in [0.05, 0.1) is 18.0 Å². The predicted molar refractivity (Wildman–Crippen MR) is 66.0 cm³/mol. The number of benzene rings is 1. The fourth-order valence-corrected chi connectivity index (χ4v) is 2.54. The number of hydrogen-bond donors (Lipinski definition) is 1. The standard InChI is InChI=1S/C11H12ClNO3S/c1-3-6-13(2)17(15,16)10-4-5-11(12)9(7-10)8-14/h1,4-5,7,14H,6,8H2,2H3. The highest BCUT2D eigenvalue weighted by Crippen LogP contribution is 2.22. The Balaban J connectivity index is 3.21. The van der Waals surface area contributed by atoms with Crippen molar-refractivity contribution in [1.82, 2.24) is 4.31 Å². The van der Waals surface area contributed by atoms with E-state index in [2.05, 4.69) is 5.92 Å². The van der Waals surface area contributed by atoms with Crippen LogP contribution in [0.1, 0.15) is 5.56 Å². The smallest absolute Gasteiger partial charge is 0.243 e. The molecule has 6 heteroatoms. The molecule has 0 spiro atoms. The molecule has 0 aliphatic heterocycles. The Morgan fingerprint density at radius 1 is 1.53 bits per heavy atom. The van der Waals surface area contributed by atoms with Crippen molar-refractivity contribution in [2.45, 2.75) is 11.5 Å². The molecule has 0 saturated heterocycles. The number of hydrogen-bond acceptors (Lipinski definition) is 3. The molecule has 0 amide bonds. The summed E-state index contributed by atoms with van der Waals surface area (Å²) in [5.41, 5.74) is 0.363. The summed E-state index contributed by atoms with van der Waals surface area (Å²) in [6.07, 6.45) is 5.07. The Morgan fingerprint density at radius 2 is 2.18 bits per heavy atom. The van der Waals surface area contributed by atoms with Gasteiger partial charge in [0.15, 0.2) is 0 Å². The van der Waals surface area contributed by atoms with Gasteiger partial charge in [-0.15, -0.1) is 6.42 Å². The maximum atomic E-state index is 12.0. The van der Waals surface area contributed by atoms with Gasteiger partial charge in [-0.2, -0.15) is 4.31 Å². The number of sulfonamides is 1. The van der Waals surface area contributed by atoms with E-state index in [1.165, 1.54) is 25.2 Å². The number of terminal acetylenes is 1. The maximum Gasteiger partial charge on any atom is 0.243 e. The molecule has 0 heterocycles. The van der Waals surface area contributed by atoms with Gasteiger partial charge in [0.1, 0.15) is 0 Å². The molecule has 1 aromatic rings. The fraction of sp³-hybridized carbons (Fsp3) is 0.273. The van der Waals surface area contributed by atoms with Gasteiger partial charge in [0, 0.05) is 12.1 Å². The summed E-state index contributed by atoms with van der Waals surface area (Å²) in [6.45, 7) is -0.333. The summed E-state index contributed by atoms with van der Waals surface area (Å²) in [7, 11) is -2.24. The lowest BCUT2D eigenvalue weighted by atomic mass is 10.2. The molecule has 0 aliphatic rings. The molecule has 0 radical (unpaired) electrons. The summed E-state index contributed by atoms with van der Waals surface area (Å²) in [4.78, 5) is 0.0590. The van der Waals surface area contributed by atoms with Crippen LogP contribution in [0.25, 0.3) is 0 Å². The number of nitrogens with zero attached hydrogens (tertiary/aromatic N) is 1. The van der Waals surface area contributed by atoms with E-state index in [0.717, 1.165) is 4.31 Å².